The molecule has 0 fully saturated rings. The van der Waals surface area contributed by atoms with Crippen molar-refractivity contribution in [1.29, 1.82) is 0 Å². The molecule has 0 saturated heterocycles. The number of ether oxygens (including phenoxy) is 1. The van der Waals surface area contributed by atoms with E-state index >= 15 is 0 Å². The van der Waals surface area contributed by atoms with E-state index in [0.717, 1.165) is 45.1 Å². The van der Waals surface area contributed by atoms with Crippen LogP contribution in [0.3, 0.4) is 0 Å². The van der Waals surface area contributed by atoms with Crippen LogP contribution in [-0.4, -0.2) is 23.9 Å². The summed E-state index contributed by atoms with van der Waals surface area (Å²) >= 11 is 0. The molecule has 0 N–H and O–H groups in total. The van der Waals surface area contributed by atoms with Gasteiger partial charge in [-0.25, -0.2) is 0 Å². The molecule has 138 valence electrons. The Morgan fingerprint density at radius 2 is 1.93 bits per heavy atom. The summed E-state index contributed by atoms with van der Waals surface area (Å²) in [7, 11) is 1.69. The molecule has 1 aliphatic heterocycles. The zero-order valence-corrected chi connectivity index (χ0v) is 15.4. The zero-order chi connectivity index (χ0) is 18.9. The van der Waals surface area contributed by atoms with Gasteiger partial charge in [0.1, 0.15) is 23.8 Å². The highest BCUT2D eigenvalue weighted by Gasteiger charge is 2.16. The summed E-state index contributed by atoms with van der Waals surface area (Å²) in [6.07, 6.45) is 0. The summed E-state index contributed by atoms with van der Waals surface area (Å²) in [5.41, 5.74) is 4.17. The first kappa shape index (κ1) is 16.5. The number of aromatic nitrogens is 1. The van der Waals surface area contributed by atoms with E-state index in [1.807, 2.05) is 36.4 Å². The van der Waals surface area contributed by atoms with Crippen LogP contribution in [0.4, 0.5) is 0 Å². The molecule has 5 rings (SSSR count). The largest absolute Gasteiger partial charge is 0.497 e. The summed E-state index contributed by atoms with van der Waals surface area (Å²) in [5.74, 6) is 2.42. The van der Waals surface area contributed by atoms with Crippen molar-refractivity contribution in [3.8, 4) is 17.0 Å². The Kier molecular flexibility index (Phi) is 4.01. The minimum atomic E-state index is 0.467. The molecule has 4 aromatic rings. The molecule has 0 spiro atoms. The van der Waals surface area contributed by atoms with Crippen LogP contribution in [0.5, 0.6) is 5.75 Å². The van der Waals surface area contributed by atoms with E-state index in [1.165, 1.54) is 0 Å². The first-order chi connectivity index (χ1) is 13.8. The summed E-state index contributed by atoms with van der Waals surface area (Å²) in [6.45, 7) is 1.08. The van der Waals surface area contributed by atoms with E-state index in [0.29, 0.717) is 13.1 Å². The number of rotatable bonds is 5. The number of benzene rings is 2. The molecule has 3 heterocycles. The van der Waals surface area contributed by atoms with Crippen molar-refractivity contribution in [3.05, 3.63) is 78.3 Å². The van der Waals surface area contributed by atoms with Crippen LogP contribution in [0.25, 0.3) is 22.2 Å². The maximum atomic E-state index is 6.03. The SMILES string of the molecule is COc1ccc2c(c1)cc(-c1ccccc1)n2Cc1ccc(C2=NN=NC2)o1. The predicted octanol–water partition coefficient (Wildman–Crippen LogP) is 5.13. The van der Waals surface area contributed by atoms with Gasteiger partial charge < -0.3 is 13.7 Å². The van der Waals surface area contributed by atoms with Crippen LogP contribution in [0.1, 0.15) is 11.5 Å². The fourth-order valence-electron chi connectivity index (χ4n) is 3.51. The molecule has 6 nitrogen and oxygen atoms in total. The number of hydrogen-bond acceptors (Lipinski definition) is 5. The fourth-order valence-corrected chi connectivity index (χ4v) is 3.51. The van der Waals surface area contributed by atoms with E-state index < -0.39 is 0 Å². The molecule has 0 amide bonds. The molecule has 0 unspecified atom stereocenters. The van der Waals surface area contributed by atoms with Gasteiger partial charge in [0.05, 0.1) is 13.7 Å². The van der Waals surface area contributed by atoms with Crippen LogP contribution in [-0.2, 0) is 6.54 Å². The van der Waals surface area contributed by atoms with Crippen molar-refractivity contribution >= 4 is 16.6 Å². The molecule has 28 heavy (non-hydrogen) atoms. The van der Waals surface area contributed by atoms with Gasteiger partial charge in [0, 0.05) is 16.6 Å². The molecule has 2 aromatic heterocycles. The number of furan rings is 1. The minimum absolute atomic E-state index is 0.467. The van der Waals surface area contributed by atoms with Gasteiger partial charge in [-0.2, -0.15) is 5.11 Å². The topological polar surface area (TPSA) is 64.4 Å². The Morgan fingerprint density at radius 3 is 2.71 bits per heavy atom. The lowest BCUT2D eigenvalue weighted by atomic mass is 10.1. The monoisotopic (exact) mass is 370 g/mol. The number of fused-ring (bicyclic) bond motifs is 1. The number of methoxy groups -OCH3 is 1. The van der Waals surface area contributed by atoms with Crippen LogP contribution in [0.2, 0.25) is 0 Å². The molecular formula is C22H18N4O2. The van der Waals surface area contributed by atoms with E-state index in [4.69, 9.17) is 9.15 Å². The third-order valence-electron chi connectivity index (χ3n) is 4.89. The molecule has 0 aliphatic carbocycles. The Labute approximate surface area is 161 Å². The highest BCUT2D eigenvalue weighted by atomic mass is 16.5. The molecular weight excluding hydrogens is 352 g/mol. The number of nitrogens with zero attached hydrogens (tertiary/aromatic N) is 4. The molecule has 0 atom stereocenters. The maximum absolute atomic E-state index is 6.03. The summed E-state index contributed by atoms with van der Waals surface area (Å²) in [5, 5.41) is 12.7. The Bertz CT molecular complexity index is 1200. The predicted molar refractivity (Wildman–Crippen MR) is 108 cm³/mol. The van der Waals surface area contributed by atoms with Crippen molar-refractivity contribution in [2.75, 3.05) is 13.7 Å². The second-order valence-electron chi connectivity index (χ2n) is 6.61. The van der Waals surface area contributed by atoms with Gasteiger partial charge in [0.25, 0.3) is 0 Å². The van der Waals surface area contributed by atoms with Crippen molar-refractivity contribution in [3.63, 3.8) is 0 Å². The van der Waals surface area contributed by atoms with Gasteiger partial charge in [-0.15, -0.1) is 5.10 Å². The van der Waals surface area contributed by atoms with E-state index in [9.17, 15) is 0 Å². The standard InChI is InChI=1S/C22H18N4O2/c1-27-17-7-9-20-16(11-17)12-21(15-5-3-2-4-6-15)26(20)14-18-8-10-22(28-18)19-13-23-25-24-19/h2-12H,13-14H2,1H3. The number of hydrogen-bond donors (Lipinski definition) is 0. The Hall–Kier alpha value is -3.67. The average molecular weight is 370 g/mol. The quantitative estimate of drug-likeness (QED) is 0.489. The third-order valence-corrected chi connectivity index (χ3v) is 4.89. The van der Waals surface area contributed by atoms with Crippen LogP contribution in [0, 0.1) is 0 Å². The molecule has 0 saturated carbocycles. The van der Waals surface area contributed by atoms with Gasteiger partial charge in [0.2, 0.25) is 0 Å². The molecule has 2 aromatic carbocycles. The lowest BCUT2D eigenvalue weighted by molar-refractivity contribution is 0.415. The van der Waals surface area contributed by atoms with Gasteiger partial charge >= 0.3 is 0 Å². The summed E-state index contributed by atoms with van der Waals surface area (Å²) < 4.78 is 13.7. The highest BCUT2D eigenvalue weighted by Crippen LogP contribution is 2.31. The highest BCUT2D eigenvalue weighted by molar-refractivity contribution is 6.00. The molecule has 6 heteroatoms. The van der Waals surface area contributed by atoms with Crippen LogP contribution in [0.15, 0.2) is 86.6 Å². The lowest BCUT2D eigenvalue weighted by Crippen LogP contribution is -2.02. The molecule has 1 aliphatic rings. The second-order valence-corrected chi connectivity index (χ2v) is 6.61. The Morgan fingerprint density at radius 1 is 1.04 bits per heavy atom. The first-order valence-corrected chi connectivity index (χ1v) is 9.07. The minimum Gasteiger partial charge on any atom is -0.497 e. The summed E-state index contributed by atoms with van der Waals surface area (Å²) in [6, 6.07) is 22.6. The third kappa shape index (κ3) is 2.89. The van der Waals surface area contributed by atoms with Crippen molar-refractivity contribution in [2.24, 2.45) is 15.4 Å². The van der Waals surface area contributed by atoms with Gasteiger partial charge in [-0.3, -0.25) is 0 Å². The van der Waals surface area contributed by atoms with Crippen molar-refractivity contribution < 1.29 is 9.15 Å². The van der Waals surface area contributed by atoms with Gasteiger partial charge in [0.15, 0.2) is 5.76 Å². The molecule has 0 bridgehead atoms. The molecule has 0 radical (unpaired) electrons. The smallest absolute Gasteiger partial charge is 0.152 e. The fraction of sp³-hybridized carbons (Fsp3) is 0.136. The van der Waals surface area contributed by atoms with Gasteiger partial charge in [-0.1, -0.05) is 30.3 Å². The first-order valence-electron chi connectivity index (χ1n) is 9.07. The average Bonchev–Trinajstić information content (AvgIpc) is 3.49. The Balaban J connectivity index is 1.59. The van der Waals surface area contributed by atoms with Crippen molar-refractivity contribution in [2.45, 2.75) is 6.54 Å². The lowest BCUT2D eigenvalue weighted by Gasteiger charge is -2.10. The van der Waals surface area contributed by atoms with E-state index in [-0.39, 0.29) is 0 Å². The second kappa shape index (κ2) is 6.81. The van der Waals surface area contributed by atoms with Crippen LogP contribution >= 0.6 is 0 Å². The summed E-state index contributed by atoms with van der Waals surface area (Å²) in [4.78, 5) is 0. The zero-order valence-electron chi connectivity index (χ0n) is 15.4. The van der Waals surface area contributed by atoms with Gasteiger partial charge in [-0.05, 0) is 47.2 Å². The normalized spacial score (nSPS) is 13.2. The van der Waals surface area contributed by atoms with Crippen LogP contribution < -0.4 is 4.74 Å². The van der Waals surface area contributed by atoms with Crippen molar-refractivity contribution in [1.82, 2.24) is 4.57 Å². The van der Waals surface area contributed by atoms with E-state index in [1.54, 1.807) is 7.11 Å². The van der Waals surface area contributed by atoms with E-state index in [2.05, 4.69) is 50.3 Å². The maximum Gasteiger partial charge on any atom is 0.152 e.